The molecule has 134 valence electrons. The SMILES string of the molecule is C.CC(=O)C(C)C(C)=O.CC(=O)CC(=O)N(C)CC(C)C(C)=O. The molecular weight excluding hydrogens is 298 g/mol. The normalized spacial score (nSPS) is 10.6. The van der Waals surface area contributed by atoms with Crippen LogP contribution in [0, 0.1) is 11.8 Å². The molecule has 0 aliphatic rings. The first kappa shape index (κ1) is 26.1. The Bertz CT molecular complexity index is 428. The van der Waals surface area contributed by atoms with Gasteiger partial charge in [-0.25, -0.2) is 0 Å². The molecule has 0 aliphatic carbocycles. The van der Waals surface area contributed by atoms with Crippen molar-refractivity contribution in [2.45, 2.75) is 55.4 Å². The van der Waals surface area contributed by atoms with Crippen LogP contribution in [-0.4, -0.2) is 47.5 Å². The van der Waals surface area contributed by atoms with Crippen LogP contribution in [0.25, 0.3) is 0 Å². The van der Waals surface area contributed by atoms with Gasteiger partial charge in [-0.3, -0.25) is 24.0 Å². The molecular formula is C17H31NO5. The van der Waals surface area contributed by atoms with Crippen LogP contribution in [0.3, 0.4) is 0 Å². The molecule has 0 rings (SSSR count). The molecule has 0 aliphatic heterocycles. The van der Waals surface area contributed by atoms with Gasteiger partial charge < -0.3 is 4.90 Å². The second-order valence-electron chi connectivity index (χ2n) is 5.61. The average molecular weight is 329 g/mol. The Kier molecular flexibility index (Phi) is 14.4. The van der Waals surface area contributed by atoms with Gasteiger partial charge in [0, 0.05) is 19.5 Å². The minimum Gasteiger partial charge on any atom is -0.345 e. The molecule has 1 unspecified atom stereocenters. The minimum absolute atomic E-state index is 0. The van der Waals surface area contributed by atoms with E-state index in [-0.39, 0.29) is 48.8 Å². The summed E-state index contributed by atoms with van der Waals surface area (Å²) in [6.07, 6.45) is -0.0822. The van der Waals surface area contributed by atoms with Gasteiger partial charge in [0.05, 0.1) is 12.3 Å². The fraction of sp³-hybridized carbons (Fsp3) is 0.706. The molecule has 6 heteroatoms. The summed E-state index contributed by atoms with van der Waals surface area (Å²) < 4.78 is 0. The number of hydrogen-bond donors (Lipinski definition) is 0. The van der Waals surface area contributed by atoms with Gasteiger partial charge in [-0.2, -0.15) is 0 Å². The molecule has 0 saturated heterocycles. The van der Waals surface area contributed by atoms with Gasteiger partial charge >= 0.3 is 0 Å². The second-order valence-corrected chi connectivity index (χ2v) is 5.61. The topological polar surface area (TPSA) is 88.6 Å². The number of rotatable bonds is 7. The summed E-state index contributed by atoms with van der Waals surface area (Å²) in [7, 11) is 1.60. The van der Waals surface area contributed by atoms with E-state index >= 15 is 0 Å². The lowest BCUT2D eigenvalue weighted by molar-refractivity contribution is -0.135. The molecule has 0 saturated carbocycles. The highest BCUT2D eigenvalue weighted by Crippen LogP contribution is 2.01. The Balaban J connectivity index is -0.000000382. The third kappa shape index (κ3) is 13.5. The van der Waals surface area contributed by atoms with E-state index in [2.05, 4.69) is 0 Å². The van der Waals surface area contributed by atoms with Crippen LogP contribution in [0.15, 0.2) is 0 Å². The van der Waals surface area contributed by atoms with Crippen molar-refractivity contribution in [1.82, 2.24) is 4.90 Å². The van der Waals surface area contributed by atoms with Crippen molar-refractivity contribution in [3.63, 3.8) is 0 Å². The fourth-order valence-electron chi connectivity index (χ4n) is 1.28. The largest absolute Gasteiger partial charge is 0.345 e. The van der Waals surface area contributed by atoms with Crippen molar-refractivity contribution in [2.75, 3.05) is 13.6 Å². The Morgan fingerprint density at radius 2 is 1.22 bits per heavy atom. The third-order valence-electron chi connectivity index (χ3n) is 3.29. The van der Waals surface area contributed by atoms with Gasteiger partial charge in [-0.05, 0) is 34.6 Å². The predicted molar refractivity (Wildman–Crippen MR) is 90.0 cm³/mol. The van der Waals surface area contributed by atoms with E-state index in [4.69, 9.17) is 0 Å². The number of Topliss-reactive ketones (excluding diaryl/α,β-unsaturated/α-hetero) is 4. The number of ketones is 4. The maximum absolute atomic E-state index is 11.3. The third-order valence-corrected chi connectivity index (χ3v) is 3.29. The fourth-order valence-corrected chi connectivity index (χ4v) is 1.28. The van der Waals surface area contributed by atoms with Gasteiger partial charge in [0.25, 0.3) is 0 Å². The summed E-state index contributed by atoms with van der Waals surface area (Å²) in [6.45, 7) is 9.47. The Morgan fingerprint density at radius 1 is 0.826 bits per heavy atom. The van der Waals surface area contributed by atoms with Crippen LogP contribution in [-0.2, 0) is 24.0 Å². The maximum atomic E-state index is 11.3. The van der Waals surface area contributed by atoms with Crippen molar-refractivity contribution in [3.8, 4) is 0 Å². The number of amides is 1. The molecule has 0 heterocycles. The van der Waals surface area contributed by atoms with Crippen LogP contribution in [0.5, 0.6) is 0 Å². The highest BCUT2D eigenvalue weighted by atomic mass is 16.2. The molecule has 23 heavy (non-hydrogen) atoms. The van der Waals surface area contributed by atoms with Crippen LogP contribution in [0.2, 0.25) is 0 Å². The molecule has 0 aromatic rings. The van der Waals surface area contributed by atoms with Crippen LogP contribution in [0.4, 0.5) is 0 Å². The zero-order valence-corrected chi connectivity index (χ0v) is 14.6. The van der Waals surface area contributed by atoms with E-state index in [0.29, 0.717) is 6.54 Å². The molecule has 0 fully saturated rings. The standard InChI is InChI=1S/C10H17NO3.C6H10O2.CH4/c1-7(9(3)13)6-11(4)10(14)5-8(2)12;1-4(5(2)7)6(3)8;/h7H,5-6H2,1-4H3;4H,1-3H3;1H4. The van der Waals surface area contributed by atoms with E-state index in [1.54, 1.807) is 20.9 Å². The maximum Gasteiger partial charge on any atom is 0.229 e. The van der Waals surface area contributed by atoms with E-state index < -0.39 is 5.92 Å². The van der Waals surface area contributed by atoms with E-state index in [1.165, 1.54) is 32.6 Å². The monoisotopic (exact) mass is 329 g/mol. The van der Waals surface area contributed by atoms with Gasteiger partial charge in [0.1, 0.15) is 23.1 Å². The first-order valence-electron chi connectivity index (χ1n) is 7.14. The van der Waals surface area contributed by atoms with E-state index in [9.17, 15) is 24.0 Å². The van der Waals surface area contributed by atoms with E-state index in [1.807, 2.05) is 0 Å². The Hall–Kier alpha value is -1.85. The van der Waals surface area contributed by atoms with Gasteiger partial charge in [-0.1, -0.05) is 14.4 Å². The summed E-state index contributed by atoms with van der Waals surface area (Å²) >= 11 is 0. The smallest absolute Gasteiger partial charge is 0.229 e. The van der Waals surface area contributed by atoms with Crippen LogP contribution < -0.4 is 0 Å². The lowest BCUT2D eigenvalue weighted by Crippen LogP contribution is -2.33. The summed E-state index contributed by atoms with van der Waals surface area (Å²) in [5.74, 6) is -1.03. The molecule has 0 spiro atoms. The summed E-state index contributed by atoms with van der Waals surface area (Å²) in [5.41, 5.74) is 0. The molecule has 1 atom stereocenters. The van der Waals surface area contributed by atoms with Gasteiger partial charge in [0.15, 0.2) is 0 Å². The molecule has 6 nitrogen and oxygen atoms in total. The zero-order chi connectivity index (χ0) is 18.0. The van der Waals surface area contributed by atoms with E-state index in [0.717, 1.165) is 0 Å². The molecule has 1 amide bonds. The summed E-state index contributed by atoms with van der Waals surface area (Å²) in [4.78, 5) is 55.0. The molecule has 0 aromatic carbocycles. The Morgan fingerprint density at radius 3 is 1.43 bits per heavy atom. The van der Waals surface area contributed by atoms with Gasteiger partial charge in [-0.15, -0.1) is 0 Å². The number of nitrogens with zero attached hydrogens (tertiary/aromatic N) is 1. The molecule has 0 bridgehead atoms. The van der Waals surface area contributed by atoms with Crippen LogP contribution in [0.1, 0.15) is 55.4 Å². The predicted octanol–water partition coefficient (Wildman–Crippen LogP) is 2.09. The molecule has 0 N–H and O–H groups in total. The number of hydrogen-bond acceptors (Lipinski definition) is 5. The lowest BCUT2D eigenvalue weighted by atomic mass is 10.0. The summed E-state index contributed by atoms with van der Waals surface area (Å²) in [5, 5.41) is 0. The quantitative estimate of drug-likeness (QED) is 0.667. The highest BCUT2D eigenvalue weighted by molar-refractivity contribution is 5.99. The van der Waals surface area contributed by atoms with Gasteiger partial charge in [0.2, 0.25) is 5.91 Å². The number of carbonyl (C=O) groups is 5. The molecule has 0 aromatic heterocycles. The summed E-state index contributed by atoms with van der Waals surface area (Å²) in [6, 6.07) is 0. The van der Waals surface area contributed by atoms with Crippen LogP contribution >= 0.6 is 0 Å². The second kappa shape index (κ2) is 12.7. The molecule has 0 radical (unpaired) electrons. The zero-order valence-electron chi connectivity index (χ0n) is 14.6. The highest BCUT2D eigenvalue weighted by Gasteiger charge is 2.16. The van der Waals surface area contributed by atoms with Crippen molar-refractivity contribution in [1.29, 1.82) is 0 Å². The minimum atomic E-state index is -0.407. The average Bonchev–Trinajstić information content (AvgIpc) is 2.36. The Labute approximate surface area is 139 Å². The van der Waals surface area contributed by atoms with Crippen molar-refractivity contribution in [3.05, 3.63) is 0 Å². The number of carbonyl (C=O) groups excluding carboxylic acids is 5. The first-order chi connectivity index (χ1) is 9.89. The van der Waals surface area contributed by atoms with Crippen molar-refractivity contribution in [2.24, 2.45) is 11.8 Å². The lowest BCUT2D eigenvalue weighted by Gasteiger charge is -2.19. The van der Waals surface area contributed by atoms with Crippen molar-refractivity contribution >= 4 is 29.0 Å². The first-order valence-corrected chi connectivity index (χ1v) is 7.14. The van der Waals surface area contributed by atoms with Crippen molar-refractivity contribution < 1.29 is 24.0 Å².